The average Bonchev–Trinajstić information content (AvgIpc) is 2.47. The monoisotopic (exact) mass is 319 g/mol. The van der Waals surface area contributed by atoms with Gasteiger partial charge in [-0.1, -0.05) is 13.0 Å². The Morgan fingerprint density at radius 2 is 2.00 bits per heavy atom. The van der Waals surface area contributed by atoms with Gasteiger partial charge in [0.25, 0.3) is 5.91 Å². The Bertz CT molecular complexity index is 788. The number of rotatable bonds is 5. The van der Waals surface area contributed by atoms with Crippen molar-refractivity contribution in [2.45, 2.75) is 18.7 Å². The van der Waals surface area contributed by atoms with E-state index in [0.717, 1.165) is 5.56 Å². The highest BCUT2D eigenvalue weighted by Gasteiger charge is 2.15. The van der Waals surface area contributed by atoms with Gasteiger partial charge in [0.2, 0.25) is 10.0 Å². The van der Waals surface area contributed by atoms with Crippen LogP contribution in [0.1, 0.15) is 22.8 Å². The minimum atomic E-state index is -3.59. The Morgan fingerprint density at radius 1 is 1.23 bits per heavy atom. The first-order valence-corrected chi connectivity index (χ1v) is 8.24. The topological polar surface area (TPSA) is 88.2 Å². The molecule has 0 bridgehead atoms. The van der Waals surface area contributed by atoms with Crippen LogP contribution in [0, 0.1) is 6.92 Å². The Kier molecular flexibility index (Phi) is 4.89. The molecule has 0 spiro atoms. The molecule has 0 unspecified atom stereocenters. The smallest absolute Gasteiger partial charge is 0.256 e. The molecule has 2 aromatic rings. The number of carbonyl (C=O) groups is 1. The van der Waals surface area contributed by atoms with Gasteiger partial charge in [0, 0.05) is 18.3 Å². The molecule has 0 aliphatic rings. The molecule has 22 heavy (non-hydrogen) atoms. The Hall–Kier alpha value is -2.25. The number of benzene rings is 1. The van der Waals surface area contributed by atoms with Crippen LogP contribution in [0.15, 0.2) is 47.5 Å². The van der Waals surface area contributed by atoms with E-state index in [1.807, 2.05) is 13.0 Å². The van der Waals surface area contributed by atoms with Gasteiger partial charge in [-0.2, -0.15) is 0 Å². The normalized spacial score (nSPS) is 11.2. The zero-order valence-corrected chi connectivity index (χ0v) is 13.1. The lowest BCUT2D eigenvalue weighted by molar-refractivity contribution is 0.102. The number of aryl methyl sites for hydroxylation is 1. The lowest BCUT2D eigenvalue weighted by atomic mass is 10.2. The van der Waals surface area contributed by atoms with Crippen LogP contribution < -0.4 is 10.0 Å². The van der Waals surface area contributed by atoms with E-state index in [4.69, 9.17) is 0 Å². The van der Waals surface area contributed by atoms with E-state index in [2.05, 4.69) is 15.0 Å². The highest BCUT2D eigenvalue weighted by molar-refractivity contribution is 7.89. The van der Waals surface area contributed by atoms with Crippen LogP contribution in [0.3, 0.4) is 0 Å². The van der Waals surface area contributed by atoms with Crippen LogP contribution in [0.25, 0.3) is 0 Å². The minimum absolute atomic E-state index is 0.0548. The van der Waals surface area contributed by atoms with Crippen molar-refractivity contribution in [1.29, 1.82) is 0 Å². The molecule has 0 saturated heterocycles. The van der Waals surface area contributed by atoms with Crippen molar-refractivity contribution in [3.8, 4) is 0 Å². The number of carbonyl (C=O) groups excluding carboxylic acids is 1. The fourth-order valence-electron chi connectivity index (χ4n) is 1.87. The molecule has 116 valence electrons. The molecule has 0 atom stereocenters. The maximum absolute atomic E-state index is 12.2. The maximum atomic E-state index is 12.2. The number of amides is 1. The summed E-state index contributed by atoms with van der Waals surface area (Å²) in [6, 6.07) is 9.41. The van der Waals surface area contributed by atoms with Gasteiger partial charge >= 0.3 is 0 Å². The standard InChI is InChI=1S/C15H17N3O3S/c1-3-17-22(20,21)13-6-4-5-12(10-13)15(19)18-14-9-11(2)7-8-16-14/h4-10,17H,3H2,1-2H3,(H,16,18,19). The van der Waals surface area contributed by atoms with E-state index < -0.39 is 15.9 Å². The first kappa shape index (κ1) is 16.1. The predicted octanol–water partition coefficient (Wildman–Crippen LogP) is 1.94. The second kappa shape index (κ2) is 6.67. The van der Waals surface area contributed by atoms with Crippen LogP contribution in [0.5, 0.6) is 0 Å². The van der Waals surface area contributed by atoms with Gasteiger partial charge < -0.3 is 5.32 Å². The van der Waals surface area contributed by atoms with Gasteiger partial charge in [0.05, 0.1) is 4.90 Å². The Balaban J connectivity index is 2.24. The summed E-state index contributed by atoms with van der Waals surface area (Å²) in [5.41, 5.74) is 1.22. The summed E-state index contributed by atoms with van der Waals surface area (Å²) in [6.07, 6.45) is 1.59. The molecule has 0 fully saturated rings. The fraction of sp³-hybridized carbons (Fsp3) is 0.200. The van der Waals surface area contributed by atoms with E-state index in [9.17, 15) is 13.2 Å². The van der Waals surface area contributed by atoms with Crippen molar-refractivity contribution in [3.63, 3.8) is 0 Å². The molecule has 7 heteroatoms. The van der Waals surface area contributed by atoms with E-state index in [0.29, 0.717) is 5.82 Å². The molecular formula is C15H17N3O3S. The summed E-state index contributed by atoms with van der Waals surface area (Å²) in [5.74, 6) is 0.0107. The SMILES string of the molecule is CCNS(=O)(=O)c1cccc(C(=O)Nc2cc(C)ccn2)c1. The molecule has 1 aromatic carbocycles. The van der Waals surface area contributed by atoms with Crippen molar-refractivity contribution in [2.24, 2.45) is 0 Å². The second-order valence-electron chi connectivity index (χ2n) is 4.70. The summed E-state index contributed by atoms with van der Waals surface area (Å²) in [5, 5.41) is 2.64. The third-order valence-electron chi connectivity index (χ3n) is 2.90. The summed E-state index contributed by atoms with van der Waals surface area (Å²) < 4.78 is 26.3. The zero-order chi connectivity index (χ0) is 16.2. The molecule has 6 nitrogen and oxygen atoms in total. The van der Waals surface area contributed by atoms with Gasteiger partial charge in [0.15, 0.2) is 0 Å². The van der Waals surface area contributed by atoms with Crippen molar-refractivity contribution in [3.05, 3.63) is 53.7 Å². The molecule has 2 N–H and O–H groups in total. The molecule has 2 rings (SSSR count). The van der Waals surface area contributed by atoms with E-state index in [1.54, 1.807) is 25.3 Å². The Labute approximate surface area is 129 Å². The van der Waals surface area contributed by atoms with Crippen LogP contribution in [-0.2, 0) is 10.0 Å². The summed E-state index contributed by atoms with van der Waals surface area (Å²) in [6.45, 7) is 3.87. The first-order chi connectivity index (χ1) is 10.4. The molecule has 0 radical (unpaired) electrons. The van der Waals surface area contributed by atoms with Crippen molar-refractivity contribution >= 4 is 21.7 Å². The molecular weight excluding hydrogens is 302 g/mol. The number of hydrogen-bond donors (Lipinski definition) is 2. The van der Waals surface area contributed by atoms with Gasteiger partial charge in [-0.05, 0) is 42.8 Å². The molecule has 0 aliphatic carbocycles. The van der Waals surface area contributed by atoms with Gasteiger partial charge in [-0.15, -0.1) is 0 Å². The molecule has 0 aliphatic heterocycles. The van der Waals surface area contributed by atoms with Gasteiger partial charge in [0.1, 0.15) is 5.82 Å². The number of aromatic nitrogens is 1. The third-order valence-corrected chi connectivity index (χ3v) is 4.44. The van der Waals surface area contributed by atoms with Crippen LogP contribution in [0.2, 0.25) is 0 Å². The highest BCUT2D eigenvalue weighted by Crippen LogP contribution is 2.13. The lowest BCUT2D eigenvalue weighted by Crippen LogP contribution is -2.23. The number of anilines is 1. The molecule has 1 amide bonds. The molecule has 0 saturated carbocycles. The average molecular weight is 319 g/mol. The van der Waals surface area contributed by atoms with Crippen molar-refractivity contribution < 1.29 is 13.2 Å². The highest BCUT2D eigenvalue weighted by atomic mass is 32.2. The van der Waals surface area contributed by atoms with Crippen LogP contribution in [-0.4, -0.2) is 25.9 Å². The lowest BCUT2D eigenvalue weighted by Gasteiger charge is -2.08. The van der Waals surface area contributed by atoms with Crippen molar-refractivity contribution in [1.82, 2.24) is 9.71 Å². The maximum Gasteiger partial charge on any atom is 0.256 e. The number of hydrogen-bond acceptors (Lipinski definition) is 4. The van der Waals surface area contributed by atoms with Gasteiger partial charge in [-0.3, -0.25) is 4.79 Å². The van der Waals surface area contributed by atoms with Crippen LogP contribution >= 0.6 is 0 Å². The predicted molar refractivity (Wildman–Crippen MR) is 84.2 cm³/mol. The zero-order valence-electron chi connectivity index (χ0n) is 12.3. The second-order valence-corrected chi connectivity index (χ2v) is 6.47. The summed E-state index contributed by atoms with van der Waals surface area (Å²) >= 11 is 0. The first-order valence-electron chi connectivity index (χ1n) is 6.76. The number of pyridine rings is 1. The molecule has 1 heterocycles. The minimum Gasteiger partial charge on any atom is -0.307 e. The fourth-order valence-corrected chi connectivity index (χ4v) is 2.96. The number of nitrogens with zero attached hydrogens (tertiary/aromatic N) is 1. The van der Waals surface area contributed by atoms with Crippen molar-refractivity contribution in [2.75, 3.05) is 11.9 Å². The quantitative estimate of drug-likeness (QED) is 0.881. The van der Waals surface area contributed by atoms with E-state index in [1.165, 1.54) is 18.2 Å². The van der Waals surface area contributed by atoms with E-state index >= 15 is 0 Å². The van der Waals surface area contributed by atoms with E-state index in [-0.39, 0.29) is 17.0 Å². The third kappa shape index (κ3) is 3.90. The molecule has 1 aromatic heterocycles. The Morgan fingerprint density at radius 3 is 2.68 bits per heavy atom. The van der Waals surface area contributed by atoms with Crippen LogP contribution in [0.4, 0.5) is 5.82 Å². The number of sulfonamides is 1. The largest absolute Gasteiger partial charge is 0.307 e. The van der Waals surface area contributed by atoms with Gasteiger partial charge in [-0.25, -0.2) is 18.1 Å². The number of nitrogens with one attached hydrogen (secondary N) is 2. The summed E-state index contributed by atoms with van der Waals surface area (Å²) in [7, 11) is -3.59. The summed E-state index contributed by atoms with van der Waals surface area (Å²) in [4.78, 5) is 16.3.